The summed E-state index contributed by atoms with van der Waals surface area (Å²) < 4.78 is 5.67. The third kappa shape index (κ3) is 3.81. The van der Waals surface area contributed by atoms with Crippen LogP contribution in [0.15, 0.2) is 47.0 Å². The van der Waals surface area contributed by atoms with Crippen LogP contribution in [0.4, 0.5) is 5.69 Å². The second kappa shape index (κ2) is 6.84. The van der Waals surface area contributed by atoms with Gasteiger partial charge in [-0.1, -0.05) is 17.7 Å². The number of aryl methyl sites for hydroxylation is 2. The van der Waals surface area contributed by atoms with Crippen LogP contribution in [-0.4, -0.2) is 15.9 Å². The highest BCUT2D eigenvalue weighted by Gasteiger charge is 2.15. The van der Waals surface area contributed by atoms with Crippen molar-refractivity contribution in [2.24, 2.45) is 0 Å². The van der Waals surface area contributed by atoms with E-state index >= 15 is 0 Å². The van der Waals surface area contributed by atoms with E-state index in [2.05, 4.69) is 15.3 Å². The highest BCUT2D eigenvalue weighted by Crippen LogP contribution is 2.24. The van der Waals surface area contributed by atoms with Crippen LogP contribution in [0.5, 0.6) is 0 Å². The van der Waals surface area contributed by atoms with Crippen LogP contribution in [0.25, 0.3) is 11.5 Å². The van der Waals surface area contributed by atoms with Crippen molar-refractivity contribution in [3.63, 3.8) is 0 Å². The van der Waals surface area contributed by atoms with Gasteiger partial charge in [0.05, 0.1) is 12.1 Å². The second-order valence-corrected chi connectivity index (χ2v) is 5.88. The molecule has 0 bridgehead atoms. The lowest BCUT2D eigenvalue weighted by atomic mass is 10.2. The average Bonchev–Trinajstić information content (AvgIpc) is 2.88. The molecule has 0 aliphatic heterocycles. The third-order valence-corrected chi connectivity index (χ3v) is 3.71. The summed E-state index contributed by atoms with van der Waals surface area (Å²) in [6, 6.07) is 10.8. The van der Waals surface area contributed by atoms with Crippen LogP contribution in [0.2, 0.25) is 5.02 Å². The number of benzene rings is 1. The lowest BCUT2D eigenvalue weighted by molar-refractivity contribution is -0.115. The molecule has 3 rings (SSSR count). The van der Waals surface area contributed by atoms with Crippen molar-refractivity contribution >= 4 is 23.2 Å². The molecule has 0 radical (unpaired) electrons. The van der Waals surface area contributed by atoms with Gasteiger partial charge in [0.1, 0.15) is 5.76 Å². The molecule has 122 valence electrons. The van der Waals surface area contributed by atoms with Crippen molar-refractivity contribution in [2.75, 3.05) is 5.32 Å². The molecule has 0 aliphatic rings. The first-order chi connectivity index (χ1) is 11.5. The summed E-state index contributed by atoms with van der Waals surface area (Å²) in [5, 5.41) is 3.44. The Balaban J connectivity index is 1.75. The number of carbonyl (C=O) groups excluding carboxylic acids is 1. The molecule has 3 aromatic rings. The minimum absolute atomic E-state index is 0.136. The number of anilines is 1. The van der Waals surface area contributed by atoms with Crippen molar-refractivity contribution in [3.8, 4) is 11.5 Å². The fourth-order valence-electron chi connectivity index (χ4n) is 2.32. The number of pyridine rings is 1. The zero-order valence-corrected chi connectivity index (χ0v) is 14.1. The Morgan fingerprint density at radius 3 is 2.83 bits per heavy atom. The SMILES string of the molecule is Cc1cc(NC(=O)Cc2nc(-c3cccc(Cl)c3)oc2C)ccn1. The number of rotatable bonds is 4. The normalized spacial score (nSPS) is 10.6. The number of halogens is 1. The van der Waals surface area contributed by atoms with E-state index in [9.17, 15) is 4.79 Å². The molecular weight excluding hydrogens is 326 g/mol. The Hall–Kier alpha value is -2.66. The van der Waals surface area contributed by atoms with Gasteiger partial charge in [0.2, 0.25) is 11.8 Å². The van der Waals surface area contributed by atoms with Crippen molar-refractivity contribution < 1.29 is 9.21 Å². The van der Waals surface area contributed by atoms with Crippen LogP contribution < -0.4 is 5.32 Å². The molecule has 2 heterocycles. The second-order valence-electron chi connectivity index (χ2n) is 5.44. The van der Waals surface area contributed by atoms with Gasteiger partial charge in [-0.25, -0.2) is 4.98 Å². The predicted octanol–water partition coefficient (Wildman–Crippen LogP) is 4.19. The van der Waals surface area contributed by atoms with Gasteiger partial charge in [0, 0.05) is 28.2 Å². The molecule has 0 atom stereocenters. The van der Waals surface area contributed by atoms with Gasteiger partial charge in [-0.2, -0.15) is 0 Å². The monoisotopic (exact) mass is 341 g/mol. The Morgan fingerprint density at radius 2 is 2.08 bits per heavy atom. The first kappa shape index (κ1) is 16.2. The quantitative estimate of drug-likeness (QED) is 0.772. The minimum atomic E-state index is -0.158. The Kier molecular flexibility index (Phi) is 4.62. The van der Waals surface area contributed by atoms with Gasteiger partial charge in [0.15, 0.2) is 0 Å². The summed E-state index contributed by atoms with van der Waals surface area (Å²) in [7, 11) is 0. The van der Waals surface area contributed by atoms with Gasteiger partial charge in [-0.15, -0.1) is 0 Å². The summed E-state index contributed by atoms with van der Waals surface area (Å²) in [5.74, 6) is 0.915. The maximum Gasteiger partial charge on any atom is 0.230 e. The number of amides is 1. The van der Waals surface area contributed by atoms with Crippen molar-refractivity contribution in [1.82, 2.24) is 9.97 Å². The molecule has 0 aliphatic carbocycles. The van der Waals surface area contributed by atoms with E-state index in [1.807, 2.05) is 25.1 Å². The molecule has 2 aromatic heterocycles. The van der Waals surface area contributed by atoms with Crippen LogP contribution >= 0.6 is 11.6 Å². The maximum atomic E-state index is 12.2. The summed E-state index contributed by atoms with van der Waals surface area (Å²) in [4.78, 5) is 20.7. The van der Waals surface area contributed by atoms with Crippen molar-refractivity contribution in [3.05, 3.63) is 64.8 Å². The fraction of sp³-hybridized carbons (Fsp3) is 0.167. The van der Waals surface area contributed by atoms with E-state index in [4.69, 9.17) is 16.0 Å². The molecule has 5 nitrogen and oxygen atoms in total. The third-order valence-electron chi connectivity index (χ3n) is 3.47. The van der Waals surface area contributed by atoms with E-state index in [1.165, 1.54) is 0 Å². The molecule has 1 amide bonds. The number of hydrogen-bond acceptors (Lipinski definition) is 4. The molecular formula is C18H16ClN3O2. The molecule has 0 fully saturated rings. The highest BCUT2D eigenvalue weighted by molar-refractivity contribution is 6.30. The van der Waals surface area contributed by atoms with Crippen LogP contribution in [0.3, 0.4) is 0 Å². The molecule has 0 saturated carbocycles. The summed E-state index contributed by atoms with van der Waals surface area (Å²) in [5.41, 5.74) is 2.94. The Bertz CT molecular complexity index is 889. The van der Waals surface area contributed by atoms with Gasteiger partial charge in [0.25, 0.3) is 0 Å². The summed E-state index contributed by atoms with van der Waals surface area (Å²) in [6.45, 7) is 3.66. The zero-order chi connectivity index (χ0) is 17.1. The van der Waals surface area contributed by atoms with E-state index in [0.717, 1.165) is 11.3 Å². The van der Waals surface area contributed by atoms with Gasteiger partial charge in [-0.05, 0) is 44.2 Å². The molecule has 0 unspecified atom stereocenters. The number of carbonyl (C=O) groups is 1. The van der Waals surface area contributed by atoms with Gasteiger partial charge >= 0.3 is 0 Å². The standard InChI is InChI=1S/C18H16ClN3O2/c1-11-8-15(6-7-20-11)21-17(23)10-16-12(2)24-18(22-16)13-4-3-5-14(19)9-13/h3-9H,10H2,1-2H3,(H,20,21,23). The topological polar surface area (TPSA) is 68.0 Å². The molecule has 1 N–H and O–H groups in total. The van der Waals surface area contributed by atoms with Gasteiger partial charge in [-0.3, -0.25) is 9.78 Å². The molecule has 24 heavy (non-hydrogen) atoms. The summed E-state index contributed by atoms with van der Waals surface area (Å²) >= 11 is 5.99. The largest absolute Gasteiger partial charge is 0.441 e. The molecule has 0 saturated heterocycles. The number of nitrogens with one attached hydrogen (secondary N) is 1. The first-order valence-corrected chi connectivity index (χ1v) is 7.84. The lowest BCUT2D eigenvalue weighted by Crippen LogP contribution is -2.15. The smallest absolute Gasteiger partial charge is 0.230 e. The van der Waals surface area contributed by atoms with E-state index in [1.54, 1.807) is 31.3 Å². The zero-order valence-electron chi connectivity index (χ0n) is 13.3. The first-order valence-electron chi connectivity index (χ1n) is 7.46. The van der Waals surface area contributed by atoms with Gasteiger partial charge < -0.3 is 9.73 Å². The molecule has 6 heteroatoms. The minimum Gasteiger partial charge on any atom is -0.441 e. The number of oxazole rings is 1. The Morgan fingerprint density at radius 1 is 1.25 bits per heavy atom. The number of nitrogens with zero attached hydrogens (tertiary/aromatic N) is 2. The maximum absolute atomic E-state index is 12.2. The predicted molar refractivity (Wildman–Crippen MR) is 93.0 cm³/mol. The van der Waals surface area contributed by atoms with Crippen LogP contribution in [0, 0.1) is 13.8 Å². The molecule has 0 spiro atoms. The Labute approximate surface area is 144 Å². The fourth-order valence-corrected chi connectivity index (χ4v) is 2.51. The van der Waals surface area contributed by atoms with Crippen LogP contribution in [0.1, 0.15) is 17.1 Å². The average molecular weight is 342 g/mol. The summed E-state index contributed by atoms with van der Waals surface area (Å²) in [6.07, 6.45) is 1.79. The number of hydrogen-bond donors (Lipinski definition) is 1. The van der Waals surface area contributed by atoms with E-state index < -0.39 is 0 Å². The highest BCUT2D eigenvalue weighted by atomic mass is 35.5. The number of aromatic nitrogens is 2. The van der Waals surface area contributed by atoms with E-state index in [0.29, 0.717) is 28.1 Å². The molecule has 1 aromatic carbocycles. The van der Waals surface area contributed by atoms with E-state index in [-0.39, 0.29) is 12.3 Å². The van der Waals surface area contributed by atoms with Crippen molar-refractivity contribution in [2.45, 2.75) is 20.3 Å². The van der Waals surface area contributed by atoms with Crippen molar-refractivity contribution in [1.29, 1.82) is 0 Å². The van der Waals surface area contributed by atoms with Crippen LogP contribution in [-0.2, 0) is 11.2 Å². The lowest BCUT2D eigenvalue weighted by Gasteiger charge is -2.04.